The first-order chi connectivity index (χ1) is 10.3. The van der Waals surface area contributed by atoms with Crippen LogP contribution in [0.15, 0.2) is 18.2 Å². The quantitative estimate of drug-likeness (QED) is 0.842. The molecule has 1 aliphatic rings. The number of amides is 1. The Hall–Kier alpha value is -2.06. The molecular formula is C17H22N2O3. The lowest BCUT2D eigenvalue weighted by molar-refractivity contribution is -0.00174. The number of carbonyl (C=O) groups excluding carboxylic acids is 1. The summed E-state index contributed by atoms with van der Waals surface area (Å²) < 4.78 is 11.1. The number of nitriles is 1. The molecule has 5 nitrogen and oxygen atoms in total. The van der Waals surface area contributed by atoms with Gasteiger partial charge < -0.3 is 14.4 Å². The second kappa shape index (κ2) is 6.37. The first-order valence-corrected chi connectivity index (χ1v) is 7.39. The molecule has 2 rings (SSSR count). The SMILES string of the molecule is CN(CC1OCCc2cccc(C#N)c21)C(=O)OC(C)(C)C. The second-order valence-electron chi connectivity index (χ2n) is 6.46. The Morgan fingerprint density at radius 3 is 2.86 bits per heavy atom. The van der Waals surface area contributed by atoms with Crippen LogP contribution in [0.3, 0.4) is 0 Å². The van der Waals surface area contributed by atoms with E-state index in [1.165, 1.54) is 4.90 Å². The van der Waals surface area contributed by atoms with Crippen molar-refractivity contribution in [1.29, 1.82) is 5.26 Å². The van der Waals surface area contributed by atoms with Crippen LogP contribution in [-0.4, -0.2) is 36.8 Å². The summed E-state index contributed by atoms with van der Waals surface area (Å²) in [4.78, 5) is 13.6. The maximum absolute atomic E-state index is 12.1. The van der Waals surface area contributed by atoms with E-state index in [4.69, 9.17) is 9.47 Å². The molecule has 0 fully saturated rings. The van der Waals surface area contributed by atoms with Crippen molar-refractivity contribution < 1.29 is 14.3 Å². The fourth-order valence-electron chi connectivity index (χ4n) is 2.51. The standard InChI is InChI=1S/C17H22N2O3/c1-17(2,3)22-16(20)19(4)11-14-15-12(8-9-21-14)6-5-7-13(15)10-18/h5-7,14H,8-9,11H2,1-4H3. The highest BCUT2D eigenvalue weighted by Gasteiger charge is 2.28. The van der Waals surface area contributed by atoms with Crippen LogP contribution in [-0.2, 0) is 15.9 Å². The van der Waals surface area contributed by atoms with E-state index < -0.39 is 11.7 Å². The van der Waals surface area contributed by atoms with Crippen molar-refractivity contribution in [1.82, 2.24) is 4.90 Å². The zero-order valence-corrected chi connectivity index (χ0v) is 13.5. The van der Waals surface area contributed by atoms with E-state index in [1.807, 2.05) is 32.9 Å². The molecule has 5 heteroatoms. The van der Waals surface area contributed by atoms with E-state index in [0.29, 0.717) is 18.7 Å². The van der Waals surface area contributed by atoms with Crippen molar-refractivity contribution in [2.45, 2.75) is 38.9 Å². The smallest absolute Gasteiger partial charge is 0.410 e. The van der Waals surface area contributed by atoms with Gasteiger partial charge in [-0.2, -0.15) is 5.26 Å². The highest BCUT2D eigenvalue weighted by molar-refractivity contribution is 5.67. The summed E-state index contributed by atoms with van der Waals surface area (Å²) in [5.41, 5.74) is 2.09. The Morgan fingerprint density at radius 2 is 2.23 bits per heavy atom. The number of benzene rings is 1. The van der Waals surface area contributed by atoms with Gasteiger partial charge in [0.25, 0.3) is 0 Å². The molecule has 0 aliphatic carbocycles. The fourth-order valence-corrected chi connectivity index (χ4v) is 2.51. The number of nitrogens with zero attached hydrogens (tertiary/aromatic N) is 2. The molecule has 0 saturated carbocycles. The summed E-state index contributed by atoms with van der Waals surface area (Å²) in [7, 11) is 1.68. The summed E-state index contributed by atoms with van der Waals surface area (Å²) in [6.07, 6.45) is 0.104. The average molecular weight is 302 g/mol. The molecule has 0 N–H and O–H groups in total. The van der Waals surface area contributed by atoms with E-state index in [2.05, 4.69) is 6.07 Å². The zero-order chi connectivity index (χ0) is 16.3. The van der Waals surface area contributed by atoms with Crippen molar-refractivity contribution >= 4 is 6.09 Å². The van der Waals surface area contributed by atoms with Gasteiger partial charge in [-0.15, -0.1) is 0 Å². The van der Waals surface area contributed by atoms with Crippen LogP contribution >= 0.6 is 0 Å². The molecule has 118 valence electrons. The van der Waals surface area contributed by atoms with E-state index >= 15 is 0 Å². The zero-order valence-electron chi connectivity index (χ0n) is 13.5. The third kappa shape index (κ3) is 3.77. The van der Waals surface area contributed by atoms with Crippen LogP contribution < -0.4 is 0 Å². The van der Waals surface area contributed by atoms with Crippen LogP contribution in [0.5, 0.6) is 0 Å². The first kappa shape index (κ1) is 16.3. The van der Waals surface area contributed by atoms with Crippen molar-refractivity contribution in [3.05, 3.63) is 34.9 Å². The Labute approximate surface area is 131 Å². The topological polar surface area (TPSA) is 62.6 Å². The van der Waals surface area contributed by atoms with Gasteiger partial charge in [-0.25, -0.2) is 4.79 Å². The Balaban J connectivity index is 2.16. The summed E-state index contributed by atoms with van der Waals surface area (Å²) in [6, 6.07) is 7.90. The molecule has 1 aliphatic heterocycles. The fraction of sp³-hybridized carbons (Fsp3) is 0.529. The molecule has 22 heavy (non-hydrogen) atoms. The molecule has 1 unspecified atom stereocenters. The molecule has 0 spiro atoms. The number of likely N-dealkylation sites (N-methyl/N-ethyl adjacent to an activating group) is 1. The lowest BCUT2D eigenvalue weighted by Crippen LogP contribution is -2.38. The molecule has 0 radical (unpaired) electrons. The molecule has 1 amide bonds. The van der Waals surface area contributed by atoms with Gasteiger partial charge in [0, 0.05) is 12.6 Å². The van der Waals surface area contributed by atoms with E-state index in [-0.39, 0.29) is 6.10 Å². The van der Waals surface area contributed by atoms with Gasteiger partial charge in [0.05, 0.1) is 24.8 Å². The number of ether oxygens (including phenoxy) is 2. The number of rotatable bonds is 2. The minimum Gasteiger partial charge on any atom is -0.444 e. The van der Waals surface area contributed by atoms with Gasteiger partial charge in [-0.1, -0.05) is 12.1 Å². The number of fused-ring (bicyclic) bond motifs is 1. The van der Waals surface area contributed by atoms with E-state index in [1.54, 1.807) is 13.1 Å². The molecule has 0 aromatic heterocycles. The third-order valence-corrected chi connectivity index (χ3v) is 3.47. The van der Waals surface area contributed by atoms with Crippen LogP contribution in [0.1, 0.15) is 43.6 Å². The average Bonchev–Trinajstić information content (AvgIpc) is 2.45. The molecule has 0 bridgehead atoms. The van der Waals surface area contributed by atoms with Gasteiger partial charge in [0.2, 0.25) is 0 Å². The largest absolute Gasteiger partial charge is 0.444 e. The molecule has 1 atom stereocenters. The number of hydrogen-bond donors (Lipinski definition) is 0. The van der Waals surface area contributed by atoms with Crippen molar-refractivity contribution in [2.75, 3.05) is 20.2 Å². The van der Waals surface area contributed by atoms with Gasteiger partial charge in [-0.3, -0.25) is 0 Å². The maximum atomic E-state index is 12.1. The third-order valence-electron chi connectivity index (χ3n) is 3.47. The van der Waals surface area contributed by atoms with Crippen LogP contribution in [0.2, 0.25) is 0 Å². The van der Waals surface area contributed by atoms with Crippen LogP contribution in [0.25, 0.3) is 0 Å². The maximum Gasteiger partial charge on any atom is 0.410 e. The summed E-state index contributed by atoms with van der Waals surface area (Å²) in [5, 5.41) is 9.30. The van der Waals surface area contributed by atoms with Gasteiger partial charge >= 0.3 is 6.09 Å². The van der Waals surface area contributed by atoms with Crippen LogP contribution in [0, 0.1) is 11.3 Å². The minimum absolute atomic E-state index is 0.294. The summed E-state index contributed by atoms with van der Waals surface area (Å²) in [5.74, 6) is 0. The predicted octanol–water partition coefficient (Wildman–Crippen LogP) is 3.04. The molecule has 1 heterocycles. The minimum atomic E-state index is -0.533. The Kier molecular flexibility index (Phi) is 4.72. The lowest BCUT2D eigenvalue weighted by atomic mass is 9.93. The first-order valence-electron chi connectivity index (χ1n) is 7.39. The number of hydrogen-bond acceptors (Lipinski definition) is 4. The molecular weight excluding hydrogens is 280 g/mol. The molecule has 1 aromatic rings. The molecule has 1 aromatic carbocycles. The van der Waals surface area contributed by atoms with E-state index in [9.17, 15) is 10.1 Å². The monoisotopic (exact) mass is 302 g/mol. The summed E-state index contributed by atoms with van der Waals surface area (Å²) in [6.45, 7) is 6.45. The highest BCUT2D eigenvalue weighted by atomic mass is 16.6. The van der Waals surface area contributed by atoms with Crippen LogP contribution in [0.4, 0.5) is 4.79 Å². The van der Waals surface area contributed by atoms with E-state index in [0.717, 1.165) is 17.5 Å². The molecule has 0 saturated heterocycles. The van der Waals surface area contributed by atoms with Gasteiger partial charge in [-0.05, 0) is 38.8 Å². The number of carbonyl (C=O) groups is 1. The van der Waals surface area contributed by atoms with Crippen molar-refractivity contribution in [3.63, 3.8) is 0 Å². The van der Waals surface area contributed by atoms with Gasteiger partial charge in [0.1, 0.15) is 11.7 Å². The highest BCUT2D eigenvalue weighted by Crippen LogP contribution is 2.30. The van der Waals surface area contributed by atoms with Gasteiger partial charge in [0.15, 0.2) is 0 Å². The van der Waals surface area contributed by atoms with Crippen molar-refractivity contribution in [2.24, 2.45) is 0 Å². The lowest BCUT2D eigenvalue weighted by Gasteiger charge is -2.31. The second-order valence-corrected chi connectivity index (χ2v) is 6.46. The van der Waals surface area contributed by atoms with Crippen molar-refractivity contribution in [3.8, 4) is 6.07 Å². The normalized spacial score (nSPS) is 17.3. The Morgan fingerprint density at radius 1 is 1.50 bits per heavy atom. The Bertz CT molecular complexity index is 599. The predicted molar refractivity (Wildman–Crippen MR) is 82.4 cm³/mol. The summed E-state index contributed by atoms with van der Waals surface area (Å²) >= 11 is 0.